The molecule has 2 aliphatic carbocycles. The van der Waals surface area contributed by atoms with E-state index in [0.29, 0.717) is 18.6 Å². The van der Waals surface area contributed by atoms with Crippen LogP contribution >= 0.6 is 0 Å². The van der Waals surface area contributed by atoms with Gasteiger partial charge < -0.3 is 15.0 Å². The lowest BCUT2D eigenvalue weighted by Gasteiger charge is -2.29. The number of rotatable bonds is 5. The molecule has 1 aliphatic heterocycles. The number of hydrogen-bond donors (Lipinski definition) is 1. The summed E-state index contributed by atoms with van der Waals surface area (Å²) < 4.78 is 5.80. The van der Waals surface area contributed by atoms with Gasteiger partial charge in [0.15, 0.2) is 0 Å². The van der Waals surface area contributed by atoms with E-state index in [9.17, 15) is 10.1 Å². The summed E-state index contributed by atoms with van der Waals surface area (Å²) in [5, 5.41) is 12.8. The Bertz CT molecular complexity index is 501. The maximum atomic E-state index is 12.5. The number of nitrogens with one attached hydrogen (secondary N) is 1. The van der Waals surface area contributed by atoms with Gasteiger partial charge in [-0.2, -0.15) is 5.26 Å². The van der Waals surface area contributed by atoms with E-state index in [1.807, 2.05) is 0 Å². The molecule has 1 N–H and O–H groups in total. The zero-order valence-electron chi connectivity index (χ0n) is 15.3. The van der Waals surface area contributed by atoms with Crippen LogP contribution < -0.4 is 5.32 Å². The summed E-state index contributed by atoms with van der Waals surface area (Å²) >= 11 is 0. The van der Waals surface area contributed by atoms with Crippen LogP contribution in [0.15, 0.2) is 0 Å². The lowest BCUT2D eigenvalue weighted by Crippen LogP contribution is -2.48. The molecule has 0 radical (unpaired) electrons. The quantitative estimate of drug-likeness (QED) is 0.838. The minimum Gasteiger partial charge on any atom is -0.378 e. The van der Waals surface area contributed by atoms with E-state index >= 15 is 0 Å². The molecule has 6 atom stereocenters. The third-order valence-electron chi connectivity index (χ3n) is 6.27. The van der Waals surface area contributed by atoms with Crippen LogP contribution in [0.2, 0.25) is 0 Å². The van der Waals surface area contributed by atoms with Gasteiger partial charge >= 0.3 is 0 Å². The van der Waals surface area contributed by atoms with Crippen molar-refractivity contribution in [1.82, 2.24) is 10.2 Å². The number of carbonyl (C=O) groups excluding carboxylic acids is 1. The molecule has 1 amide bonds. The molecule has 0 spiro atoms. The molecule has 3 aliphatic rings. The highest BCUT2D eigenvalue weighted by Gasteiger charge is 2.47. The second-order valence-corrected chi connectivity index (χ2v) is 8.42. The molecule has 0 aromatic rings. The second kappa shape index (κ2) is 7.01. The van der Waals surface area contributed by atoms with Crippen LogP contribution in [0.3, 0.4) is 0 Å². The van der Waals surface area contributed by atoms with Crippen molar-refractivity contribution in [2.75, 3.05) is 19.7 Å². The number of ether oxygens (including phenoxy) is 1. The fourth-order valence-corrected chi connectivity index (χ4v) is 5.25. The van der Waals surface area contributed by atoms with Crippen LogP contribution in [0.25, 0.3) is 0 Å². The van der Waals surface area contributed by atoms with Crippen molar-refractivity contribution in [3.8, 4) is 6.07 Å². The van der Waals surface area contributed by atoms with E-state index in [1.165, 1.54) is 12.8 Å². The van der Waals surface area contributed by atoms with E-state index in [4.69, 9.17) is 4.74 Å². The monoisotopic (exact) mass is 333 g/mol. The van der Waals surface area contributed by atoms with E-state index in [-0.39, 0.29) is 17.5 Å². The highest BCUT2D eigenvalue weighted by Crippen LogP contribution is 2.49. The molecule has 3 fully saturated rings. The Labute approximate surface area is 145 Å². The Morgan fingerprint density at radius 3 is 2.58 bits per heavy atom. The Morgan fingerprint density at radius 1 is 1.33 bits per heavy atom. The molecule has 5 nitrogen and oxygen atoms in total. The molecule has 2 saturated carbocycles. The number of likely N-dealkylation sites (tertiary alicyclic amines) is 1. The third kappa shape index (κ3) is 3.60. The van der Waals surface area contributed by atoms with Crippen molar-refractivity contribution >= 4 is 5.91 Å². The molecule has 3 rings (SSSR count). The number of hydrogen-bond acceptors (Lipinski definition) is 4. The van der Waals surface area contributed by atoms with Crippen molar-refractivity contribution in [3.63, 3.8) is 0 Å². The smallest absolute Gasteiger partial charge is 0.237 e. The van der Waals surface area contributed by atoms with Gasteiger partial charge in [0.25, 0.3) is 0 Å². The summed E-state index contributed by atoms with van der Waals surface area (Å²) in [4.78, 5) is 14.3. The summed E-state index contributed by atoms with van der Waals surface area (Å²) in [5.74, 6) is 1.97. The number of nitriles is 1. The Morgan fingerprint density at radius 2 is 2.00 bits per heavy atom. The van der Waals surface area contributed by atoms with Crippen LogP contribution in [-0.2, 0) is 9.53 Å². The van der Waals surface area contributed by atoms with Crippen LogP contribution in [0, 0.1) is 29.1 Å². The predicted molar refractivity (Wildman–Crippen MR) is 92.2 cm³/mol. The van der Waals surface area contributed by atoms with Crippen LogP contribution in [0.5, 0.6) is 0 Å². The summed E-state index contributed by atoms with van der Waals surface area (Å²) in [6, 6.07) is 2.04. The molecule has 0 aromatic carbocycles. The zero-order chi connectivity index (χ0) is 17.3. The second-order valence-electron chi connectivity index (χ2n) is 8.42. The zero-order valence-corrected chi connectivity index (χ0v) is 15.3. The Kier molecular flexibility index (Phi) is 5.17. The normalized spacial score (nSPS) is 41.4. The van der Waals surface area contributed by atoms with E-state index < -0.39 is 0 Å². The van der Waals surface area contributed by atoms with Gasteiger partial charge in [-0.15, -0.1) is 0 Å². The van der Waals surface area contributed by atoms with Crippen molar-refractivity contribution in [2.24, 2.45) is 17.8 Å². The number of nitrogens with zero attached hydrogens (tertiary/aromatic N) is 2. The standard InChI is InChI=1S/C19H31N3O2/c1-4-24-17-6-14-8-19(3,9-15(14)7-17)21-11-18(23)22-12-13(2)5-16(22)10-20/h13-17,21H,4-9,11-12H2,1-3H3/t13-,14-,15+,16-,17?,19?/m0/s1. The van der Waals surface area contributed by atoms with E-state index in [0.717, 1.165) is 44.2 Å². The average molecular weight is 333 g/mol. The van der Waals surface area contributed by atoms with E-state index in [2.05, 4.69) is 32.2 Å². The van der Waals surface area contributed by atoms with Gasteiger partial charge in [0.1, 0.15) is 6.04 Å². The number of fused-ring (bicyclic) bond motifs is 1. The average Bonchev–Trinajstić information content (AvgIpc) is 3.16. The molecule has 2 unspecified atom stereocenters. The lowest BCUT2D eigenvalue weighted by molar-refractivity contribution is -0.130. The first-order chi connectivity index (χ1) is 11.4. The fraction of sp³-hybridized carbons (Fsp3) is 0.895. The first-order valence-corrected chi connectivity index (χ1v) is 9.50. The van der Waals surface area contributed by atoms with Crippen molar-refractivity contribution in [2.45, 2.75) is 70.6 Å². The third-order valence-corrected chi connectivity index (χ3v) is 6.27. The topological polar surface area (TPSA) is 65.4 Å². The molecule has 24 heavy (non-hydrogen) atoms. The van der Waals surface area contributed by atoms with Gasteiger partial charge in [-0.25, -0.2) is 0 Å². The summed E-state index contributed by atoms with van der Waals surface area (Å²) in [6.45, 7) is 8.32. The Hall–Kier alpha value is -1.12. The van der Waals surface area contributed by atoms with Gasteiger partial charge in [0.2, 0.25) is 5.91 Å². The first-order valence-electron chi connectivity index (χ1n) is 9.50. The molecule has 134 valence electrons. The predicted octanol–water partition coefficient (Wildman–Crippen LogP) is 2.32. The van der Waals surface area contributed by atoms with Crippen molar-refractivity contribution in [1.29, 1.82) is 5.26 Å². The molecule has 1 saturated heterocycles. The lowest BCUT2D eigenvalue weighted by atomic mass is 9.95. The number of carbonyl (C=O) groups is 1. The summed E-state index contributed by atoms with van der Waals surface area (Å²) in [5.41, 5.74) is 0.0512. The summed E-state index contributed by atoms with van der Waals surface area (Å²) in [6.07, 6.45) is 5.86. The minimum atomic E-state index is -0.239. The summed E-state index contributed by atoms with van der Waals surface area (Å²) in [7, 11) is 0. The SMILES string of the molecule is CCOC1C[C@@H]2CC(C)(NCC(=O)N3C[C@@H](C)C[C@H]3C#N)C[C@@H]2C1. The van der Waals surface area contributed by atoms with Crippen LogP contribution in [0.4, 0.5) is 0 Å². The highest BCUT2D eigenvalue weighted by molar-refractivity contribution is 5.79. The molecular weight excluding hydrogens is 302 g/mol. The maximum absolute atomic E-state index is 12.5. The minimum absolute atomic E-state index is 0.0512. The highest BCUT2D eigenvalue weighted by atomic mass is 16.5. The van der Waals surface area contributed by atoms with Gasteiger partial charge in [-0.1, -0.05) is 6.92 Å². The largest absolute Gasteiger partial charge is 0.378 e. The molecular formula is C19H31N3O2. The van der Waals surface area contributed by atoms with E-state index in [1.54, 1.807) is 4.90 Å². The van der Waals surface area contributed by atoms with Gasteiger partial charge in [-0.3, -0.25) is 4.79 Å². The van der Waals surface area contributed by atoms with Crippen LogP contribution in [-0.4, -0.2) is 48.2 Å². The molecule has 0 aromatic heterocycles. The number of amides is 1. The fourth-order valence-electron chi connectivity index (χ4n) is 5.25. The van der Waals surface area contributed by atoms with Crippen molar-refractivity contribution < 1.29 is 9.53 Å². The van der Waals surface area contributed by atoms with Gasteiger partial charge in [-0.05, 0) is 63.7 Å². The van der Waals surface area contributed by atoms with Gasteiger partial charge in [0, 0.05) is 18.7 Å². The maximum Gasteiger partial charge on any atom is 0.237 e. The molecule has 0 bridgehead atoms. The van der Waals surface area contributed by atoms with Gasteiger partial charge in [0.05, 0.1) is 18.7 Å². The Balaban J connectivity index is 1.49. The first kappa shape index (κ1) is 17.7. The molecule has 1 heterocycles. The van der Waals surface area contributed by atoms with Crippen LogP contribution in [0.1, 0.15) is 52.9 Å². The molecule has 5 heteroatoms. The van der Waals surface area contributed by atoms with Crippen molar-refractivity contribution in [3.05, 3.63) is 0 Å².